The number of aromatic nitrogens is 3. The largest absolute Gasteiger partial charge is 0.484 e. The van der Waals surface area contributed by atoms with E-state index in [9.17, 15) is 23.1 Å². The molecule has 0 saturated carbocycles. The quantitative estimate of drug-likeness (QED) is 0.568. The van der Waals surface area contributed by atoms with Gasteiger partial charge in [0.25, 0.3) is 5.91 Å². The molecule has 3 aromatic rings. The Bertz CT molecular complexity index is 1330. The van der Waals surface area contributed by atoms with Crippen molar-refractivity contribution in [3.63, 3.8) is 0 Å². The standard InChI is InChI=1S/C23H23F3N6O3/c1-22(12-33)7-13-5-15(29-21(34)14-8-28-32-4-2-3-27-20(14)32)16(6-19(13)35-22)31-10-17-18(31)9-30(17)11-23(24,25)26/h2-6,8,17-18,33H,7,9-12H2,1H3,(H,29,34)/t17-,18?,22-/m1/s1. The molecule has 35 heavy (non-hydrogen) atoms. The summed E-state index contributed by atoms with van der Waals surface area (Å²) in [7, 11) is 0. The molecule has 6 rings (SSSR count). The third-order valence-corrected chi connectivity index (χ3v) is 7.02. The molecule has 3 aliphatic heterocycles. The van der Waals surface area contributed by atoms with Crippen molar-refractivity contribution in [1.82, 2.24) is 19.5 Å². The van der Waals surface area contributed by atoms with Gasteiger partial charge in [0, 0.05) is 49.6 Å². The number of rotatable bonds is 5. The number of fused-ring (bicyclic) bond motifs is 3. The number of carbonyl (C=O) groups is 1. The molecule has 0 aliphatic carbocycles. The van der Waals surface area contributed by atoms with Crippen LogP contribution in [0.2, 0.25) is 0 Å². The normalized spacial score (nSPS) is 25.5. The number of amides is 1. The van der Waals surface area contributed by atoms with Crippen molar-refractivity contribution in [2.24, 2.45) is 0 Å². The number of anilines is 2. The summed E-state index contributed by atoms with van der Waals surface area (Å²) in [5.74, 6) is 0.204. The van der Waals surface area contributed by atoms with Gasteiger partial charge >= 0.3 is 6.18 Å². The minimum atomic E-state index is -4.23. The van der Waals surface area contributed by atoms with Crippen molar-refractivity contribution < 1.29 is 27.8 Å². The van der Waals surface area contributed by atoms with Gasteiger partial charge in [-0.05, 0) is 19.1 Å². The highest BCUT2D eigenvalue weighted by Crippen LogP contribution is 2.46. The number of benzene rings is 1. The summed E-state index contributed by atoms with van der Waals surface area (Å²) in [6, 6.07) is 5.08. The summed E-state index contributed by atoms with van der Waals surface area (Å²) in [5.41, 5.74) is 1.98. The fraction of sp³-hybridized carbons (Fsp3) is 0.435. The molecule has 184 valence electrons. The lowest BCUT2D eigenvalue weighted by molar-refractivity contribution is -0.170. The van der Waals surface area contributed by atoms with Gasteiger partial charge in [-0.1, -0.05) is 0 Å². The van der Waals surface area contributed by atoms with Crippen LogP contribution >= 0.6 is 0 Å². The minimum Gasteiger partial charge on any atom is -0.484 e. The molecule has 1 amide bonds. The number of likely N-dealkylation sites (tertiary alicyclic amines) is 1. The lowest BCUT2D eigenvalue weighted by Crippen LogP contribution is -2.79. The minimum absolute atomic E-state index is 0.0738. The Balaban J connectivity index is 1.30. The molecule has 5 heterocycles. The first kappa shape index (κ1) is 22.1. The van der Waals surface area contributed by atoms with Crippen molar-refractivity contribution in [2.75, 3.05) is 36.5 Å². The van der Waals surface area contributed by atoms with Gasteiger partial charge in [0.2, 0.25) is 0 Å². The zero-order chi connectivity index (χ0) is 24.5. The summed E-state index contributed by atoms with van der Waals surface area (Å²) in [6.45, 7) is 1.42. The topological polar surface area (TPSA) is 95.2 Å². The number of hydrogen-bond acceptors (Lipinski definition) is 7. The predicted molar refractivity (Wildman–Crippen MR) is 120 cm³/mol. The molecule has 12 heteroatoms. The molecule has 0 spiro atoms. The highest BCUT2D eigenvalue weighted by Gasteiger charge is 2.54. The average molecular weight is 488 g/mol. The van der Waals surface area contributed by atoms with Gasteiger partial charge in [0.05, 0.1) is 36.8 Å². The Labute approximate surface area is 198 Å². The van der Waals surface area contributed by atoms with E-state index in [1.165, 1.54) is 15.6 Å². The summed E-state index contributed by atoms with van der Waals surface area (Å²) >= 11 is 0. The van der Waals surface area contributed by atoms with Crippen molar-refractivity contribution in [3.8, 4) is 5.75 Å². The van der Waals surface area contributed by atoms with Crippen LogP contribution in [-0.4, -0.2) is 80.6 Å². The van der Waals surface area contributed by atoms with Crippen LogP contribution in [0.25, 0.3) is 5.65 Å². The van der Waals surface area contributed by atoms with E-state index in [4.69, 9.17) is 4.74 Å². The number of halogens is 3. The van der Waals surface area contributed by atoms with E-state index in [1.807, 2.05) is 17.0 Å². The summed E-state index contributed by atoms with van der Waals surface area (Å²) in [4.78, 5) is 20.9. The molecular formula is C23H23F3N6O3. The van der Waals surface area contributed by atoms with Gasteiger partial charge in [0.1, 0.15) is 16.9 Å². The first-order valence-electron chi connectivity index (χ1n) is 11.3. The predicted octanol–water partition coefficient (Wildman–Crippen LogP) is 2.10. The molecule has 3 aliphatic rings. The van der Waals surface area contributed by atoms with E-state index in [1.54, 1.807) is 25.4 Å². The van der Waals surface area contributed by atoms with Crippen LogP contribution in [0.3, 0.4) is 0 Å². The lowest BCUT2D eigenvalue weighted by atomic mass is 9.84. The van der Waals surface area contributed by atoms with Crippen LogP contribution in [0.15, 0.2) is 36.8 Å². The van der Waals surface area contributed by atoms with Gasteiger partial charge in [0.15, 0.2) is 5.65 Å². The van der Waals surface area contributed by atoms with E-state index in [-0.39, 0.29) is 18.7 Å². The fourth-order valence-electron chi connectivity index (χ4n) is 5.19. The second-order valence-corrected chi connectivity index (χ2v) is 9.60. The third kappa shape index (κ3) is 3.67. The first-order chi connectivity index (χ1) is 16.6. The van der Waals surface area contributed by atoms with Crippen molar-refractivity contribution in [1.29, 1.82) is 0 Å². The average Bonchev–Trinajstić information content (AvgIpc) is 3.36. The number of nitrogens with one attached hydrogen (secondary N) is 1. The monoisotopic (exact) mass is 488 g/mol. The van der Waals surface area contributed by atoms with Crippen LogP contribution in [0.4, 0.5) is 24.5 Å². The molecular weight excluding hydrogens is 465 g/mol. The number of nitrogens with zero attached hydrogens (tertiary/aromatic N) is 5. The van der Waals surface area contributed by atoms with Crippen molar-refractivity contribution in [3.05, 3.63) is 47.9 Å². The smallest absolute Gasteiger partial charge is 0.401 e. The van der Waals surface area contributed by atoms with Crippen molar-refractivity contribution >= 4 is 22.9 Å². The number of carbonyl (C=O) groups excluding carboxylic acids is 1. The number of aliphatic hydroxyl groups is 1. The van der Waals surface area contributed by atoms with Gasteiger partial charge in [-0.15, -0.1) is 0 Å². The Morgan fingerprint density at radius 3 is 2.86 bits per heavy atom. The van der Waals surface area contributed by atoms with E-state index in [0.717, 1.165) is 5.56 Å². The molecule has 0 radical (unpaired) electrons. The fourth-order valence-corrected chi connectivity index (χ4v) is 5.19. The van der Waals surface area contributed by atoms with Crippen LogP contribution < -0.4 is 15.0 Å². The highest BCUT2D eigenvalue weighted by molar-refractivity contribution is 6.09. The third-order valence-electron chi connectivity index (χ3n) is 7.02. The number of alkyl halides is 3. The van der Waals surface area contributed by atoms with Gasteiger partial charge < -0.3 is 20.1 Å². The molecule has 2 fully saturated rings. The van der Waals surface area contributed by atoms with E-state index >= 15 is 0 Å². The van der Waals surface area contributed by atoms with Gasteiger partial charge in [-0.25, -0.2) is 9.50 Å². The number of hydrogen-bond donors (Lipinski definition) is 2. The molecule has 0 bridgehead atoms. The summed E-state index contributed by atoms with van der Waals surface area (Å²) in [6.07, 6.45) is 0.938. The van der Waals surface area contributed by atoms with Crippen molar-refractivity contribution in [2.45, 2.75) is 37.2 Å². The first-order valence-corrected chi connectivity index (χ1v) is 11.3. The molecule has 1 unspecified atom stereocenters. The zero-order valence-corrected chi connectivity index (χ0v) is 18.8. The highest BCUT2D eigenvalue weighted by atomic mass is 19.4. The molecule has 3 atom stereocenters. The Kier molecular flexibility index (Phi) is 4.77. The molecule has 2 N–H and O–H groups in total. The number of ether oxygens (including phenoxy) is 1. The number of aliphatic hydroxyl groups excluding tert-OH is 1. The Morgan fingerprint density at radius 2 is 2.14 bits per heavy atom. The maximum Gasteiger partial charge on any atom is 0.401 e. The van der Waals surface area contributed by atoms with Crippen LogP contribution in [0, 0.1) is 0 Å². The molecule has 2 saturated heterocycles. The van der Waals surface area contributed by atoms with Crippen LogP contribution in [0.1, 0.15) is 22.8 Å². The maximum absolute atomic E-state index is 13.2. The van der Waals surface area contributed by atoms with E-state index < -0.39 is 24.2 Å². The Morgan fingerprint density at radius 1 is 1.31 bits per heavy atom. The molecule has 1 aromatic carbocycles. The van der Waals surface area contributed by atoms with Gasteiger partial charge in [-0.3, -0.25) is 9.69 Å². The summed E-state index contributed by atoms with van der Waals surface area (Å²) in [5, 5.41) is 16.9. The summed E-state index contributed by atoms with van der Waals surface area (Å²) < 4.78 is 46.0. The Hall–Kier alpha value is -3.38. The second-order valence-electron chi connectivity index (χ2n) is 9.60. The van der Waals surface area contributed by atoms with Crippen LogP contribution in [-0.2, 0) is 6.42 Å². The van der Waals surface area contributed by atoms with Gasteiger partial charge in [-0.2, -0.15) is 18.3 Å². The SMILES string of the molecule is C[C@]1(CO)Cc2cc(NC(=O)c3cnn4cccnc34)c(N3C[C@@H]4C3CN4CC(F)(F)F)cc2O1. The zero-order valence-electron chi connectivity index (χ0n) is 18.8. The second kappa shape index (κ2) is 7.56. The van der Waals surface area contributed by atoms with E-state index in [2.05, 4.69) is 15.4 Å². The molecule has 9 nitrogen and oxygen atoms in total. The lowest BCUT2D eigenvalue weighted by Gasteiger charge is -2.63. The van der Waals surface area contributed by atoms with Crippen LogP contribution in [0.5, 0.6) is 5.75 Å². The van der Waals surface area contributed by atoms with E-state index in [0.29, 0.717) is 47.8 Å². The maximum atomic E-state index is 13.2. The number of piperazine rings is 1. The molecule has 2 aromatic heterocycles.